The summed E-state index contributed by atoms with van der Waals surface area (Å²) in [6.45, 7) is 2.09. The van der Waals surface area contributed by atoms with Crippen LogP contribution in [-0.2, 0) is 10.5 Å². The molecule has 5 nitrogen and oxygen atoms in total. The summed E-state index contributed by atoms with van der Waals surface area (Å²) in [5.74, 6) is 1.15. The maximum atomic E-state index is 11.6. The van der Waals surface area contributed by atoms with E-state index in [9.17, 15) is 4.79 Å². The van der Waals surface area contributed by atoms with Crippen LogP contribution in [0.15, 0.2) is 29.2 Å². The van der Waals surface area contributed by atoms with Crippen LogP contribution in [0, 0.1) is 0 Å². The number of ether oxygens (including phenoxy) is 1. The van der Waals surface area contributed by atoms with E-state index >= 15 is 0 Å². The molecule has 1 aromatic heterocycles. The summed E-state index contributed by atoms with van der Waals surface area (Å²) in [5, 5.41) is 4.23. The molecule has 3 rings (SSSR count). The van der Waals surface area contributed by atoms with E-state index < -0.39 is 5.97 Å². The second kappa shape index (κ2) is 4.45. The molecule has 0 saturated heterocycles. The van der Waals surface area contributed by atoms with Crippen molar-refractivity contribution in [3.05, 3.63) is 35.9 Å². The SMILES string of the molecule is CCOC(=O)c1nc2n(n1)-c1ccccc1SC2. The Morgan fingerprint density at radius 2 is 2.33 bits per heavy atom. The number of rotatable bonds is 2. The lowest BCUT2D eigenvalue weighted by atomic mass is 10.3. The van der Waals surface area contributed by atoms with E-state index in [0.717, 1.165) is 16.4 Å². The quantitative estimate of drug-likeness (QED) is 0.774. The Kier molecular flexibility index (Phi) is 2.79. The standard InChI is InChI=1S/C12H11N3O2S/c1-2-17-12(16)11-13-10-7-18-9-6-4-3-5-8(9)15(10)14-11/h3-6H,2,7H2,1H3. The third-order valence-corrected chi connectivity index (χ3v) is 3.64. The molecule has 0 fully saturated rings. The van der Waals surface area contributed by atoms with Crippen LogP contribution in [0.3, 0.4) is 0 Å². The van der Waals surface area contributed by atoms with Gasteiger partial charge in [-0.25, -0.2) is 14.5 Å². The van der Waals surface area contributed by atoms with Crippen LogP contribution in [0.5, 0.6) is 0 Å². The monoisotopic (exact) mass is 261 g/mol. The lowest BCUT2D eigenvalue weighted by Gasteiger charge is -2.15. The molecule has 1 aromatic carbocycles. The lowest BCUT2D eigenvalue weighted by Crippen LogP contribution is -2.09. The molecule has 6 heteroatoms. The zero-order valence-corrected chi connectivity index (χ0v) is 10.6. The Morgan fingerprint density at radius 1 is 1.50 bits per heavy atom. The topological polar surface area (TPSA) is 57.0 Å². The van der Waals surface area contributed by atoms with E-state index in [1.165, 1.54) is 0 Å². The van der Waals surface area contributed by atoms with Gasteiger partial charge < -0.3 is 4.74 Å². The van der Waals surface area contributed by atoms with Crippen molar-refractivity contribution in [2.24, 2.45) is 0 Å². The Hall–Kier alpha value is -1.82. The van der Waals surface area contributed by atoms with Gasteiger partial charge in [-0.3, -0.25) is 0 Å². The molecule has 0 bridgehead atoms. The number of carbonyl (C=O) groups excluding carboxylic acids is 1. The third-order valence-electron chi connectivity index (χ3n) is 2.58. The van der Waals surface area contributed by atoms with Crippen molar-refractivity contribution < 1.29 is 9.53 Å². The average Bonchev–Trinajstić information content (AvgIpc) is 2.83. The fourth-order valence-corrected chi connectivity index (χ4v) is 2.76. The van der Waals surface area contributed by atoms with Gasteiger partial charge in [-0.1, -0.05) is 12.1 Å². The summed E-state index contributed by atoms with van der Waals surface area (Å²) in [5.41, 5.74) is 0.965. The summed E-state index contributed by atoms with van der Waals surface area (Å²) in [6, 6.07) is 7.93. The van der Waals surface area contributed by atoms with Crippen molar-refractivity contribution >= 4 is 17.7 Å². The molecular formula is C12H11N3O2S. The van der Waals surface area contributed by atoms with E-state index in [2.05, 4.69) is 10.1 Å². The molecule has 2 aromatic rings. The predicted molar refractivity (Wildman–Crippen MR) is 66.9 cm³/mol. The Balaban J connectivity index is 2.04. The van der Waals surface area contributed by atoms with Gasteiger partial charge in [0.25, 0.3) is 5.82 Å². The van der Waals surface area contributed by atoms with Gasteiger partial charge in [-0.15, -0.1) is 16.9 Å². The first-order valence-electron chi connectivity index (χ1n) is 5.65. The molecule has 0 amide bonds. The molecule has 2 heterocycles. The first-order valence-corrected chi connectivity index (χ1v) is 6.63. The first kappa shape index (κ1) is 11.3. The van der Waals surface area contributed by atoms with Gasteiger partial charge in [0.15, 0.2) is 0 Å². The minimum atomic E-state index is -0.470. The van der Waals surface area contributed by atoms with Crippen LogP contribution < -0.4 is 0 Å². The van der Waals surface area contributed by atoms with Crippen LogP contribution in [0.2, 0.25) is 0 Å². The highest BCUT2D eigenvalue weighted by atomic mass is 32.2. The number of benzene rings is 1. The number of nitrogens with zero attached hydrogens (tertiary/aromatic N) is 3. The van der Waals surface area contributed by atoms with Crippen LogP contribution in [-0.4, -0.2) is 27.3 Å². The number of thioether (sulfide) groups is 1. The number of aromatic nitrogens is 3. The zero-order valence-electron chi connectivity index (χ0n) is 9.79. The van der Waals surface area contributed by atoms with Crippen LogP contribution in [0.4, 0.5) is 0 Å². The molecule has 0 atom stereocenters. The second-order valence-electron chi connectivity index (χ2n) is 3.74. The summed E-state index contributed by atoms with van der Waals surface area (Å²) in [4.78, 5) is 17.0. The summed E-state index contributed by atoms with van der Waals surface area (Å²) in [7, 11) is 0. The fraction of sp³-hybridized carbons (Fsp3) is 0.250. The smallest absolute Gasteiger partial charge is 0.378 e. The summed E-state index contributed by atoms with van der Waals surface area (Å²) < 4.78 is 6.63. The maximum Gasteiger partial charge on any atom is 0.378 e. The van der Waals surface area contributed by atoms with Crippen LogP contribution >= 0.6 is 11.8 Å². The Bertz CT molecular complexity index is 609. The van der Waals surface area contributed by atoms with Gasteiger partial charge in [-0.05, 0) is 19.1 Å². The van der Waals surface area contributed by atoms with Crippen LogP contribution in [0.1, 0.15) is 23.4 Å². The normalized spacial score (nSPS) is 12.7. The molecule has 0 unspecified atom stereocenters. The van der Waals surface area contributed by atoms with E-state index in [0.29, 0.717) is 12.4 Å². The molecule has 0 aliphatic carbocycles. The van der Waals surface area contributed by atoms with Crippen molar-refractivity contribution in [2.75, 3.05) is 6.61 Å². The molecular weight excluding hydrogens is 250 g/mol. The van der Waals surface area contributed by atoms with E-state index in [1.807, 2.05) is 24.3 Å². The predicted octanol–water partition coefficient (Wildman–Crippen LogP) is 2.05. The second-order valence-corrected chi connectivity index (χ2v) is 4.76. The van der Waals surface area contributed by atoms with Crippen molar-refractivity contribution in [3.8, 4) is 5.69 Å². The molecule has 0 spiro atoms. The van der Waals surface area contributed by atoms with Crippen molar-refractivity contribution in [1.29, 1.82) is 0 Å². The van der Waals surface area contributed by atoms with Crippen molar-refractivity contribution in [3.63, 3.8) is 0 Å². The van der Waals surface area contributed by atoms with Crippen molar-refractivity contribution in [1.82, 2.24) is 14.8 Å². The van der Waals surface area contributed by atoms with Gasteiger partial charge in [0.1, 0.15) is 5.82 Å². The van der Waals surface area contributed by atoms with Gasteiger partial charge >= 0.3 is 5.97 Å². The van der Waals surface area contributed by atoms with Crippen molar-refractivity contribution in [2.45, 2.75) is 17.6 Å². The van der Waals surface area contributed by atoms with E-state index in [4.69, 9.17) is 4.74 Å². The number of hydrogen-bond donors (Lipinski definition) is 0. The zero-order chi connectivity index (χ0) is 12.5. The number of para-hydroxylation sites is 1. The Labute approximate surface area is 108 Å². The largest absolute Gasteiger partial charge is 0.460 e. The fourth-order valence-electron chi connectivity index (χ4n) is 1.81. The summed E-state index contributed by atoms with van der Waals surface area (Å²) >= 11 is 1.69. The van der Waals surface area contributed by atoms with E-state index in [-0.39, 0.29) is 5.82 Å². The molecule has 92 valence electrons. The lowest BCUT2D eigenvalue weighted by molar-refractivity contribution is 0.0512. The number of carbonyl (C=O) groups is 1. The Morgan fingerprint density at radius 3 is 3.17 bits per heavy atom. The molecule has 0 radical (unpaired) electrons. The first-order chi connectivity index (χ1) is 8.79. The van der Waals surface area contributed by atoms with E-state index in [1.54, 1.807) is 23.4 Å². The van der Waals surface area contributed by atoms with Gasteiger partial charge in [0.05, 0.1) is 18.0 Å². The van der Waals surface area contributed by atoms with Crippen LogP contribution in [0.25, 0.3) is 5.69 Å². The molecule has 18 heavy (non-hydrogen) atoms. The molecule has 0 saturated carbocycles. The number of hydrogen-bond acceptors (Lipinski definition) is 5. The van der Waals surface area contributed by atoms with Gasteiger partial charge in [-0.2, -0.15) is 0 Å². The maximum absolute atomic E-state index is 11.6. The average molecular weight is 261 g/mol. The molecule has 1 aliphatic rings. The molecule has 1 aliphatic heterocycles. The summed E-state index contributed by atoms with van der Waals surface area (Å²) in [6.07, 6.45) is 0. The highest BCUT2D eigenvalue weighted by Crippen LogP contribution is 2.33. The highest BCUT2D eigenvalue weighted by Gasteiger charge is 2.23. The highest BCUT2D eigenvalue weighted by molar-refractivity contribution is 7.98. The molecule has 0 N–H and O–H groups in total. The number of esters is 1. The number of fused-ring (bicyclic) bond motifs is 3. The third kappa shape index (κ3) is 1.78. The van der Waals surface area contributed by atoms with Gasteiger partial charge in [0.2, 0.25) is 0 Å². The minimum Gasteiger partial charge on any atom is -0.460 e. The minimum absolute atomic E-state index is 0.129. The van der Waals surface area contributed by atoms with Gasteiger partial charge in [0, 0.05) is 4.90 Å².